The molecule has 0 radical (unpaired) electrons. The number of benzene rings is 7. The van der Waals surface area contributed by atoms with Crippen LogP contribution < -0.4 is 14.5 Å². The normalized spacial score (nSPS) is 13.9. The van der Waals surface area contributed by atoms with Crippen molar-refractivity contribution >= 4 is 33.2 Å². The molecule has 9 aromatic rings. The summed E-state index contributed by atoms with van der Waals surface area (Å²) in [6.45, 7) is 39.1. The fourth-order valence-corrected chi connectivity index (χ4v) is 11.0. The van der Waals surface area contributed by atoms with Gasteiger partial charge < -0.3 is 19.1 Å². The van der Waals surface area contributed by atoms with Crippen LogP contribution in [0.4, 0.5) is 11.4 Å². The SMILES string of the molecule is CC(C)(C)c1cc(Oc2[c-]c3c(cc2)c2cc(C(C)(C)C)ccc2n3-c2cc(C(C)(C)C)ccn2)[c-]c(N2[CH-]N(c3cc(-c4ccccc4)cc(C(C)(C)C)c3)C(C(C)(C)c3ccccc3)=C2C(C)(C)c2ccccc2)c1.[Pt]. The molecule has 0 N–H and O–H groups in total. The van der Waals surface area contributed by atoms with Crippen molar-refractivity contribution in [2.45, 2.75) is 143 Å². The molecular formula is C72H77N4OPt-3. The number of pyridine rings is 1. The Morgan fingerprint density at radius 1 is 0.423 bits per heavy atom. The second kappa shape index (κ2) is 20.5. The first kappa shape index (κ1) is 56.1. The largest absolute Gasteiger partial charge is 0.509 e. The molecule has 0 amide bonds. The third kappa shape index (κ3) is 10.8. The second-order valence-corrected chi connectivity index (χ2v) is 26.4. The van der Waals surface area contributed by atoms with Gasteiger partial charge in [-0.3, -0.25) is 0 Å². The molecule has 78 heavy (non-hydrogen) atoms. The maximum Gasteiger partial charge on any atom is 0.135 e. The van der Waals surface area contributed by atoms with Crippen LogP contribution in [0.5, 0.6) is 11.5 Å². The molecular weight excluding hydrogens is 1130 g/mol. The van der Waals surface area contributed by atoms with Gasteiger partial charge in [0.1, 0.15) is 5.82 Å². The van der Waals surface area contributed by atoms with Crippen molar-refractivity contribution in [1.82, 2.24) is 9.55 Å². The van der Waals surface area contributed by atoms with Crippen LogP contribution in [-0.2, 0) is 53.6 Å². The summed E-state index contributed by atoms with van der Waals surface area (Å²) in [6.07, 6.45) is 1.93. The number of ether oxygens (including phenoxy) is 1. The summed E-state index contributed by atoms with van der Waals surface area (Å²) in [5.41, 5.74) is 14.5. The second-order valence-electron chi connectivity index (χ2n) is 26.4. The molecule has 0 bridgehead atoms. The molecule has 5 nitrogen and oxygen atoms in total. The van der Waals surface area contributed by atoms with Gasteiger partial charge in [0.2, 0.25) is 0 Å². The Balaban J connectivity index is 0.00000740. The molecule has 0 aliphatic carbocycles. The van der Waals surface area contributed by atoms with Crippen LogP contribution in [0, 0.1) is 18.8 Å². The van der Waals surface area contributed by atoms with Crippen LogP contribution in [0.1, 0.15) is 144 Å². The smallest absolute Gasteiger partial charge is 0.135 e. The molecule has 0 atom stereocenters. The zero-order valence-corrected chi connectivity index (χ0v) is 51.0. The van der Waals surface area contributed by atoms with Crippen LogP contribution in [0.2, 0.25) is 0 Å². The Morgan fingerprint density at radius 3 is 1.54 bits per heavy atom. The van der Waals surface area contributed by atoms with Gasteiger partial charge in [0, 0.05) is 72.2 Å². The third-order valence-corrected chi connectivity index (χ3v) is 15.8. The van der Waals surface area contributed by atoms with Crippen LogP contribution in [-0.4, -0.2) is 9.55 Å². The van der Waals surface area contributed by atoms with Gasteiger partial charge in [-0.05, 0) is 96.3 Å². The number of rotatable bonds is 10. The Morgan fingerprint density at radius 2 is 0.962 bits per heavy atom. The summed E-state index contributed by atoms with van der Waals surface area (Å²) >= 11 is 0. The van der Waals surface area contributed by atoms with Gasteiger partial charge in [0.25, 0.3) is 0 Å². The van der Waals surface area contributed by atoms with E-state index >= 15 is 0 Å². The summed E-state index contributed by atoms with van der Waals surface area (Å²) in [7, 11) is 0. The van der Waals surface area contributed by atoms with E-state index in [9.17, 15) is 0 Å². The van der Waals surface area contributed by atoms with Crippen molar-refractivity contribution in [3.05, 3.63) is 234 Å². The monoisotopic (exact) mass is 1210 g/mol. The topological polar surface area (TPSA) is 33.5 Å². The predicted molar refractivity (Wildman–Crippen MR) is 325 cm³/mol. The van der Waals surface area contributed by atoms with Gasteiger partial charge in [-0.25, -0.2) is 4.98 Å². The molecule has 0 unspecified atom stereocenters. The number of hydrogen-bond donors (Lipinski definition) is 0. The third-order valence-electron chi connectivity index (χ3n) is 15.8. The summed E-state index contributed by atoms with van der Waals surface area (Å²) in [6, 6.07) is 67.5. The Hall–Kier alpha value is -6.68. The molecule has 0 saturated carbocycles. The van der Waals surface area contributed by atoms with Crippen LogP contribution in [0.3, 0.4) is 0 Å². The molecule has 1 aliphatic rings. The number of aromatic nitrogens is 2. The van der Waals surface area contributed by atoms with Crippen LogP contribution in [0.15, 0.2) is 181 Å². The molecule has 2 aromatic heterocycles. The van der Waals surface area contributed by atoms with Crippen molar-refractivity contribution in [2.24, 2.45) is 0 Å². The maximum absolute atomic E-state index is 7.15. The average Bonchev–Trinajstić information content (AvgIpc) is 4.04. The first-order chi connectivity index (χ1) is 36.2. The molecule has 6 heteroatoms. The zero-order chi connectivity index (χ0) is 55.0. The Labute approximate surface area is 480 Å². The minimum Gasteiger partial charge on any atom is -0.509 e. The summed E-state index contributed by atoms with van der Waals surface area (Å²) < 4.78 is 9.40. The number of hydrogen-bond acceptors (Lipinski definition) is 4. The summed E-state index contributed by atoms with van der Waals surface area (Å²) in [5, 5.41) is 2.26. The van der Waals surface area contributed by atoms with E-state index in [2.05, 4.69) is 308 Å². The van der Waals surface area contributed by atoms with E-state index in [1.165, 1.54) is 44.6 Å². The van der Waals surface area contributed by atoms with Crippen molar-refractivity contribution < 1.29 is 25.8 Å². The molecule has 0 saturated heterocycles. The number of allylic oxidation sites excluding steroid dienone is 2. The quantitative estimate of drug-likeness (QED) is 0.128. The number of anilines is 2. The van der Waals surface area contributed by atoms with Crippen molar-refractivity contribution in [2.75, 3.05) is 9.80 Å². The van der Waals surface area contributed by atoms with Crippen LogP contribution in [0.25, 0.3) is 38.8 Å². The van der Waals surface area contributed by atoms with Gasteiger partial charge >= 0.3 is 0 Å². The molecule has 7 aromatic carbocycles. The van der Waals surface area contributed by atoms with Gasteiger partial charge in [0.05, 0.1) is 0 Å². The molecule has 1 aliphatic heterocycles. The summed E-state index contributed by atoms with van der Waals surface area (Å²) in [5.74, 6) is 2.07. The van der Waals surface area contributed by atoms with Crippen LogP contribution >= 0.6 is 0 Å². The van der Waals surface area contributed by atoms with E-state index < -0.39 is 10.8 Å². The number of fused-ring (bicyclic) bond motifs is 3. The van der Waals surface area contributed by atoms with E-state index in [1.807, 2.05) is 6.20 Å². The number of nitrogens with zero attached hydrogens (tertiary/aromatic N) is 4. The molecule has 0 spiro atoms. The maximum atomic E-state index is 7.15. The van der Waals surface area contributed by atoms with E-state index in [-0.39, 0.29) is 42.7 Å². The Bertz CT molecular complexity index is 3670. The fraction of sp³-hybridized carbons (Fsp3) is 0.306. The minimum atomic E-state index is -0.512. The van der Waals surface area contributed by atoms with Gasteiger partial charge in [-0.15, -0.1) is 53.6 Å². The van der Waals surface area contributed by atoms with Crippen molar-refractivity contribution in [3.63, 3.8) is 0 Å². The zero-order valence-electron chi connectivity index (χ0n) is 48.8. The van der Waals surface area contributed by atoms with Gasteiger partial charge in [-0.1, -0.05) is 225 Å². The van der Waals surface area contributed by atoms with E-state index in [1.54, 1.807) is 0 Å². The first-order valence-electron chi connectivity index (χ1n) is 27.4. The summed E-state index contributed by atoms with van der Waals surface area (Å²) in [4.78, 5) is 9.89. The molecule has 404 valence electrons. The van der Waals surface area contributed by atoms with E-state index in [4.69, 9.17) is 9.72 Å². The standard InChI is InChI=1S/C72H77N4O.Pt/c1-67(2,3)52-32-35-62-61(43-52)60-34-33-58(46-63(60)76(62)64-44-53(36-37-73-64)68(4,5)6)77-59-42-55(70(10,11)12)41-57(45-59)75-47-74(56-39-49(48-26-20-17-21-27-48)38-54(40-56)69(7,8)9)65(71(13,14)50-28-22-18-23-29-50)66(75)72(15,16)51-30-24-19-25-31-51;/h17-44,47H,1-16H3;/q-3;. The van der Waals surface area contributed by atoms with E-state index in [0.717, 1.165) is 50.3 Å². The fourth-order valence-electron chi connectivity index (χ4n) is 11.0. The van der Waals surface area contributed by atoms with Gasteiger partial charge in [-0.2, -0.15) is 6.07 Å². The molecule has 0 fully saturated rings. The van der Waals surface area contributed by atoms with Crippen molar-refractivity contribution in [3.8, 4) is 28.4 Å². The average molecular weight is 1210 g/mol. The molecule has 10 rings (SSSR count). The van der Waals surface area contributed by atoms with Crippen molar-refractivity contribution in [1.29, 1.82) is 0 Å². The Kier molecular flexibility index (Phi) is 14.7. The first-order valence-corrected chi connectivity index (χ1v) is 27.4. The van der Waals surface area contributed by atoms with Gasteiger partial charge in [0.15, 0.2) is 0 Å². The van der Waals surface area contributed by atoms with E-state index in [0.29, 0.717) is 11.5 Å². The molecule has 3 heterocycles. The predicted octanol–water partition coefficient (Wildman–Crippen LogP) is 19.0. The minimum absolute atomic E-state index is 0.